The Bertz CT molecular complexity index is 703. The van der Waals surface area contributed by atoms with Crippen molar-refractivity contribution in [2.75, 3.05) is 57.8 Å². The van der Waals surface area contributed by atoms with Crippen LogP contribution in [0.25, 0.3) is 0 Å². The zero-order valence-corrected chi connectivity index (χ0v) is 16.5. The normalized spacial score (nSPS) is 14.7. The van der Waals surface area contributed by atoms with E-state index in [1.54, 1.807) is 0 Å². The van der Waals surface area contributed by atoms with Crippen molar-refractivity contribution in [1.82, 2.24) is 9.80 Å². The van der Waals surface area contributed by atoms with E-state index in [1.165, 1.54) is 18.2 Å². The summed E-state index contributed by atoms with van der Waals surface area (Å²) in [4.78, 5) is 26.9. The average molecular weight is 440 g/mol. The van der Waals surface area contributed by atoms with Gasteiger partial charge in [0.2, 0.25) is 5.91 Å². The van der Waals surface area contributed by atoms with Crippen molar-refractivity contribution < 1.29 is 14.5 Å². The highest BCUT2D eigenvalue weighted by molar-refractivity contribution is 9.10. The number of anilines is 1. The van der Waals surface area contributed by atoms with Crippen molar-refractivity contribution in [3.05, 3.63) is 32.8 Å². The van der Waals surface area contributed by atoms with E-state index in [9.17, 15) is 14.9 Å². The van der Waals surface area contributed by atoms with Crippen LogP contribution in [-0.4, -0.2) is 73.1 Å². The molecule has 0 radical (unpaired) electrons. The first-order valence-electron chi connectivity index (χ1n) is 8.63. The van der Waals surface area contributed by atoms with E-state index < -0.39 is 4.92 Å². The molecule has 9 nitrogen and oxygen atoms in total. The average Bonchev–Trinajstić information content (AvgIpc) is 2.66. The molecule has 1 amide bonds. The lowest BCUT2D eigenvalue weighted by Gasteiger charge is -2.29. The molecule has 1 aromatic carbocycles. The maximum Gasteiger partial charge on any atom is 0.270 e. The number of nitriles is 1. The van der Waals surface area contributed by atoms with Gasteiger partial charge in [-0.3, -0.25) is 24.7 Å². The number of nitrogens with one attached hydrogen (secondary N) is 1. The number of hydrogen-bond donors (Lipinski definition) is 1. The molecule has 10 heteroatoms. The molecule has 1 heterocycles. The molecule has 146 valence electrons. The molecule has 0 spiro atoms. The molecular formula is C17H22BrN5O4. The van der Waals surface area contributed by atoms with Crippen molar-refractivity contribution in [3.8, 4) is 6.07 Å². The number of carbonyl (C=O) groups excluding carboxylic acids is 1. The number of carbonyl (C=O) groups is 1. The predicted octanol–water partition coefficient (Wildman–Crippen LogP) is 1.84. The number of nitrogens with zero attached hydrogens (tertiary/aromatic N) is 4. The fourth-order valence-corrected chi connectivity index (χ4v) is 3.16. The SMILES string of the molecule is N#CCCN(CCN1CCOCC1)CC(=O)Nc1ccc([N+](=O)[O-])cc1Br. The summed E-state index contributed by atoms with van der Waals surface area (Å²) >= 11 is 3.24. The summed E-state index contributed by atoms with van der Waals surface area (Å²) < 4.78 is 5.77. The Morgan fingerprint density at radius 2 is 2.15 bits per heavy atom. The third-order valence-electron chi connectivity index (χ3n) is 4.18. The van der Waals surface area contributed by atoms with Crippen LogP contribution in [-0.2, 0) is 9.53 Å². The largest absolute Gasteiger partial charge is 0.379 e. The summed E-state index contributed by atoms with van der Waals surface area (Å²) in [5, 5.41) is 22.4. The lowest BCUT2D eigenvalue weighted by molar-refractivity contribution is -0.384. The van der Waals surface area contributed by atoms with E-state index in [4.69, 9.17) is 10.00 Å². The smallest absolute Gasteiger partial charge is 0.270 e. The fourth-order valence-electron chi connectivity index (χ4n) is 2.70. The second kappa shape index (κ2) is 10.9. The molecule has 0 atom stereocenters. The summed E-state index contributed by atoms with van der Waals surface area (Å²) in [7, 11) is 0. The van der Waals surface area contributed by atoms with Crippen molar-refractivity contribution in [2.24, 2.45) is 0 Å². The number of amides is 1. The number of benzene rings is 1. The third-order valence-corrected chi connectivity index (χ3v) is 4.84. The molecular weight excluding hydrogens is 418 g/mol. The minimum atomic E-state index is -0.494. The summed E-state index contributed by atoms with van der Waals surface area (Å²) in [6.45, 7) is 5.31. The standard InChI is InChI=1S/C17H22BrN5O4/c18-15-12-14(23(25)26)2-3-16(15)20-17(24)13-22(5-1-4-19)7-6-21-8-10-27-11-9-21/h2-3,12H,1,5-11,13H2,(H,20,24). The molecule has 1 fully saturated rings. The quantitative estimate of drug-likeness (QED) is 0.461. The maximum atomic E-state index is 12.4. The summed E-state index contributed by atoms with van der Waals surface area (Å²) in [5.41, 5.74) is 0.417. The Hall–Kier alpha value is -2.06. The van der Waals surface area contributed by atoms with Crippen LogP contribution < -0.4 is 5.32 Å². The van der Waals surface area contributed by atoms with Crippen LogP contribution in [0, 0.1) is 21.4 Å². The number of nitro groups is 1. The predicted molar refractivity (Wildman–Crippen MR) is 103 cm³/mol. The van der Waals surface area contributed by atoms with Crippen molar-refractivity contribution in [3.63, 3.8) is 0 Å². The monoisotopic (exact) mass is 439 g/mol. The van der Waals surface area contributed by atoms with E-state index in [-0.39, 0.29) is 18.1 Å². The molecule has 0 aromatic heterocycles. The molecule has 27 heavy (non-hydrogen) atoms. The van der Waals surface area contributed by atoms with Crippen LogP contribution in [0.1, 0.15) is 6.42 Å². The van der Waals surface area contributed by atoms with Gasteiger partial charge in [-0.1, -0.05) is 0 Å². The van der Waals surface area contributed by atoms with E-state index in [0.29, 0.717) is 42.9 Å². The Kier molecular flexibility index (Phi) is 8.60. The van der Waals surface area contributed by atoms with Gasteiger partial charge in [-0.25, -0.2) is 0 Å². The lowest BCUT2D eigenvalue weighted by Crippen LogP contribution is -2.43. The van der Waals surface area contributed by atoms with Gasteiger partial charge in [0.05, 0.1) is 36.4 Å². The molecule has 2 rings (SSSR count). The molecule has 1 aromatic rings. The minimum absolute atomic E-state index is 0.0546. The van der Waals surface area contributed by atoms with Crippen molar-refractivity contribution in [2.45, 2.75) is 6.42 Å². The number of non-ortho nitro benzene ring substituents is 1. The second-order valence-electron chi connectivity index (χ2n) is 6.11. The van der Waals surface area contributed by atoms with Crippen LogP contribution in [0.3, 0.4) is 0 Å². The van der Waals surface area contributed by atoms with Crippen LogP contribution in [0.5, 0.6) is 0 Å². The molecule has 1 saturated heterocycles. The Morgan fingerprint density at radius 3 is 2.78 bits per heavy atom. The summed E-state index contributed by atoms with van der Waals surface area (Å²) in [5.74, 6) is -0.232. The van der Waals surface area contributed by atoms with Gasteiger partial charge < -0.3 is 10.1 Å². The maximum absolute atomic E-state index is 12.4. The van der Waals surface area contributed by atoms with Gasteiger partial charge in [-0.15, -0.1) is 0 Å². The number of hydrogen-bond acceptors (Lipinski definition) is 7. The van der Waals surface area contributed by atoms with E-state index in [1.807, 2.05) is 4.90 Å². The lowest BCUT2D eigenvalue weighted by atomic mass is 10.2. The van der Waals surface area contributed by atoms with Gasteiger partial charge >= 0.3 is 0 Å². The van der Waals surface area contributed by atoms with E-state index >= 15 is 0 Å². The summed E-state index contributed by atoms with van der Waals surface area (Å²) in [6.07, 6.45) is 0.345. The van der Waals surface area contributed by atoms with Crippen molar-refractivity contribution >= 4 is 33.2 Å². The number of rotatable bonds is 9. The molecule has 0 saturated carbocycles. The third kappa shape index (κ3) is 7.22. The highest BCUT2D eigenvalue weighted by atomic mass is 79.9. The Balaban J connectivity index is 1.90. The molecule has 1 aliphatic heterocycles. The zero-order valence-electron chi connectivity index (χ0n) is 14.9. The van der Waals surface area contributed by atoms with Crippen LogP contribution >= 0.6 is 15.9 Å². The number of morpholine rings is 1. The molecule has 0 bridgehead atoms. The molecule has 0 aliphatic carbocycles. The number of halogens is 1. The molecule has 0 unspecified atom stereocenters. The fraction of sp³-hybridized carbons (Fsp3) is 0.529. The van der Waals surface area contributed by atoms with Crippen LogP contribution in [0.2, 0.25) is 0 Å². The van der Waals surface area contributed by atoms with E-state index in [0.717, 1.165) is 19.6 Å². The zero-order chi connectivity index (χ0) is 19.6. The first kappa shape index (κ1) is 21.2. The second-order valence-corrected chi connectivity index (χ2v) is 6.96. The molecule has 1 aliphatic rings. The van der Waals surface area contributed by atoms with Gasteiger partial charge in [-0.05, 0) is 22.0 Å². The Morgan fingerprint density at radius 1 is 1.41 bits per heavy atom. The van der Waals surface area contributed by atoms with E-state index in [2.05, 4.69) is 32.2 Å². The molecule has 1 N–H and O–H groups in total. The van der Waals surface area contributed by atoms with Crippen LogP contribution in [0.4, 0.5) is 11.4 Å². The van der Waals surface area contributed by atoms with Gasteiger partial charge in [0.25, 0.3) is 5.69 Å². The minimum Gasteiger partial charge on any atom is -0.379 e. The summed E-state index contributed by atoms with van der Waals surface area (Å²) in [6, 6.07) is 6.29. The topological polar surface area (TPSA) is 112 Å². The number of ether oxygens (including phenoxy) is 1. The van der Waals surface area contributed by atoms with Crippen molar-refractivity contribution in [1.29, 1.82) is 5.26 Å². The number of nitro benzene ring substituents is 1. The highest BCUT2D eigenvalue weighted by Gasteiger charge is 2.16. The van der Waals surface area contributed by atoms with Gasteiger partial charge in [0.1, 0.15) is 0 Å². The first-order chi connectivity index (χ1) is 13.0. The Labute approximate surface area is 166 Å². The van der Waals surface area contributed by atoms with Crippen LogP contribution in [0.15, 0.2) is 22.7 Å². The highest BCUT2D eigenvalue weighted by Crippen LogP contribution is 2.27. The van der Waals surface area contributed by atoms with Gasteiger partial charge in [0.15, 0.2) is 0 Å². The first-order valence-corrected chi connectivity index (χ1v) is 9.42. The van der Waals surface area contributed by atoms with Gasteiger partial charge in [-0.2, -0.15) is 5.26 Å². The van der Waals surface area contributed by atoms with Gasteiger partial charge in [0, 0.05) is 55.8 Å².